The molecule has 24 heavy (non-hydrogen) atoms. The Balaban J connectivity index is 1.94. The number of anilines is 1. The predicted molar refractivity (Wildman–Crippen MR) is 94.9 cm³/mol. The van der Waals surface area contributed by atoms with Crippen molar-refractivity contribution in [1.82, 2.24) is 4.72 Å². The normalized spacial score (nSPS) is 12.0. The summed E-state index contributed by atoms with van der Waals surface area (Å²) in [5, 5.41) is 0. The van der Waals surface area contributed by atoms with Gasteiger partial charge >= 0.3 is 0 Å². The molecule has 0 saturated heterocycles. The molecule has 130 valence electrons. The van der Waals surface area contributed by atoms with Crippen molar-refractivity contribution >= 4 is 25.7 Å². The van der Waals surface area contributed by atoms with Crippen LogP contribution in [0, 0.1) is 0 Å². The first-order chi connectivity index (χ1) is 11.3. The first-order valence-electron chi connectivity index (χ1n) is 7.46. The SMILES string of the molecule is CCc1ccc(S(=O)(=O)NCCS(=O)(=O)Nc2ccccc2)cc1. The molecule has 2 aromatic rings. The van der Waals surface area contributed by atoms with Crippen molar-refractivity contribution in [3.05, 3.63) is 60.2 Å². The zero-order valence-electron chi connectivity index (χ0n) is 13.3. The lowest BCUT2D eigenvalue weighted by molar-refractivity contribution is 0.582. The van der Waals surface area contributed by atoms with Crippen molar-refractivity contribution in [3.8, 4) is 0 Å². The Hall–Kier alpha value is -1.90. The van der Waals surface area contributed by atoms with Gasteiger partial charge in [0.15, 0.2) is 0 Å². The molecule has 0 saturated carbocycles. The van der Waals surface area contributed by atoms with Crippen LogP contribution in [-0.2, 0) is 26.5 Å². The van der Waals surface area contributed by atoms with Crippen molar-refractivity contribution in [2.45, 2.75) is 18.2 Å². The van der Waals surface area contributed by atoms with Gasteiger partial charge in [0.2, 0.25) is 20.0 Å². The number of hydrogen-bond acceptors (Lipinski definition) is 4. The lowest BCUT2D eigenvalue weighted by atomic mass is 10.2. The van der Waals surface area contributed by atoms with E-state index in [4.69, 9.17) is 0 Å². The molecule has 0 bridgehead atoms. The fourth-order valence-electron chi connectivity index (χ4n) is 2.03. The van der Waals surface area contributed by atoms with Crippen molar-refractivity contribution < 1.29 is 16.8 Å². The monoisotopic (exact) mass is 368 g/mol. The minimum absolute atomic E-state index is 0.119. The van der Waals surface area contributed by atoms with Gasteiger partial charge in [0, 0.05) is 12.2 Å². The standard InChI is InChI=1S/C16H20N2O4S2/c1-2-14-8-10-16(11-9-14)24(21,22)17-12-13-23(19,20)18-15-6-4-3-5-7-15/h3-11,17-18H,2,12-13H2,1H3. The maximum Gasteiger partial charge on any atom is 0.240 e. The molecule has 8 heteroatoms. The van der Waals surface area contributed by atoms with E-state index >= 15 is 0 Å². The summed E-state index contributed by atoms with van der Waals surface area (Å²) >= 11 is 0. The van der Waals surface area contributed by atoms with E-state index in [1.807, 2.05) is 6.92 Å². The van der Waals surface area contributed by atoms with Gasteiger partial charge in [-0.3, -0.25) is 4.72 Å². The second-order valence-electron chi connectivity index (χ2n) is 5.18. The molecule has 2 N–H and O–H groups in total. The van der Waals surface area contributed by atoms with E-state index in [2.05, 4.69) is 9.44 Å². The Morgan fingerprint density at radius 1 is 0.875 bits per heavy atom. The van der Waals surface area contributed by atoms with E-state index in [0.29, 0.717) is 5.69 Å². The fraction of sp³-hybridized carbons (Fsp3) is 0.250. The van der Waals surface area contributed by atoms with Gasteiger partial charge < -0.3 is 0 Å². The second-order valence-corrected chi connectivity index (χ2v) is 8.79. The van der Waals surface area contributed by atoms with E-state index < -0.39 is 20.0 Å². The largest absolute Gasteiger partial charge is 0.284 e. The predicted octanol–water partition coefficient (Wildman–Crippen LogP) is 1.97. The molecule has 0 heterocycles. The third kappa shape index (κ3) is 5.33. The molecular weight excluding hydrogens is 348 g/mol. The molecule has 0 fully saturated rings. The van der Waals surface area contributed by atoms with Gasteiger partial charge in [-0.1, -0.05) is 37.3 Å². The highest BCUT2D eigenvalue weighted by atomic mass is 32.2. The Labute approximate surface area is 143 Å². The zero-order valence-corrected chi connectivity index (χ0v) is 14.9. The Kier molecular flexibility index (Phi) is 5.98. The highest BCUT2D eigenvalue weighted by Crippen LogP contribution is 2.11. The van der Waals surface area contributed by atoms with E-state index in [9.17, 15) is 16.8 Å². The van der Waals surface area contributed by atoms with Crippen LogP contribution in [0.4, 0.5) is 5.69 Å². The first-order valence-corrected chi connectivity index (χ1v) is 10.6. The Bertz CT molecular complexity index is 862. The molecule has 0 aliphatic carbocycles. The van der Waals surface area contributed by atoms with Crippen LogP contribution in [0.15, 0.2) is 59.5 Å². The first kappa shape index (κ1) is 18.4. The van der Waals surface area contributed by atoms with Crippen LogP contribution in [0.25, 0.3) is 0 Å². The topological polar surface area (TPSA) is 92.3 Å². The van der Waals surface area contributed by atoms with Crippen LogP contribution >= 0.6 is 0 Å². The van der Waals surface area contributed by atoms with Gasteiger partial charge in [-0.05, 0) is 36.2 Å². The molecule has 0 aliphatic heterocycles. The minimum Gasteiger partial charge on any atom is -0.284 e. The Morgan fingerprint density at radius 2 is 1.50 bits per heavy atom. The summed E-state index contributed by atoms with van der Waals surface area (Å²) in [6.45, 7) is 1.77. The summed E-state index contributed by atoms with van der Waals surface area (Å²) in [4.78, 5) is 0.119. The average Bonchev–Trinajstić information content (AvgIpc) is 2.55. The quantitative estimate of drug-likeness (QED) is 0.745. The van der Waals surface area contributed by atoms with Gasteiger partial charge in [-0.25, -0.2) is 21.6 Å². The van der Waals surface area contributed by atoms with Crippen LogP contribution in [0.1, 0.15) is 12.5 Å². The van der Waals surface area contributed by atoms with Gasteiger partial charge in [0.1, 0.15) is 0 Å². The lowest BCUT2D eigenvalue weighted by Crippen LogP contribution is -2.31. The van der Waals surface area contributed by atoms with Gasteiger partial charge in [0.05, 0.1) is 10.6 Å². The van der Waals surface area contributed by atoms with Crippen molar-refractivity contribution in [1.29, 1.82) is 0 Å². The van der Waals surface area contributed by atoms with Crippen molar-refractivity contribution in [2.75, 3.05) is 17.0 Å². The van der Waals surface area contributed by atoms with Crippen LogP contribution in [0.2, 0.25) is 0 Å². The highest BCUT2D eigenvalue weighted by Gasteiger charge is 2.16. The highest BCUT2D eigenvalue weighted by molar-refractivity contribution is 7.92. The summed E-state index contributed by atoms with van der Waals surface area (Å²) in [6.07, 6.45) is 0.817. The summed E-state index contributed by atoms with van der Waals surface area (Å²) in [5.74, 6) is -0.353. The van der Waals surface area contributed by atoms with E-state index in [1.165, 1.54) is 12.1 Å². The number of aryl methyl sites for hydroxylation is 1. The number of hydrogen-bond donors (Lipinski definition) is 2. The molecule has 0 unspecified atom stereocenters. The number of para-hydroxylation sites is 1. The molecule has 0 atom stereocenters. The molecule has 0 aromatic heterocycles. The van der Waals surface area contributed by atoms with Gasteiger partial charge in [0.25, 0.3) is 0 Å². The number of nitrogens with one attached hydrogen (secondary N) is 2. The fourth-order valence-corrected chi connectivity index (χ4v) is 4.16. The summed E-state index contributed by atoms with van der Waals surface area (Å²) < 4.78 is 52.9. The summed E-state index contributed by atoms with van der Waals surface area (Å²) in [5.41, 5.74) is 1.47. The van der Waals surface area contributed by atoms with Crippen LogP contribution in [-0.4, -0.2) is 29.1 Å². The molecular formula is C16H20N2O4S2. The Morgan fingerprint density at radius 3 is 2.08 bits per heavy atom. The van der Waals surface area contributed by atoms with Gasteiger partial charge in [-0.2, -0.15) is 0 Å². The third-order valence-corrected chi connectivity index (χ3v) is 6.12. The molecule has 0 spiro atoms. The number of benzene rings is 2. The zero-order chi connectivity index (χ0) is 17.6. The summed E-state index contributed by atoms with van der Waals surface area (Å²) in [7, 11) is -7.35. The number of rotatable bonds is 8. The van der Waals surface area contributed by atoms with E-state index in [0.717, 1.165) is 12.0 Å². The van der Waals surface area contributed by atoms with Crippen LogP contribution in [0.5, 0.6) is 0 Å². The van der Waals surface area contributed by atoms with Crippen molar-refractivity contribution in [3.63, 3.8) is 0 Å². The maximum atomic E-state index is 12.1. The van der Waals surface area contributed by atoms with Crippen LogP contribution < -0.4 is 9.44 Å². The smallest absolute Gasteiger partial charge is 0.240 e. The maximum absolute atomic E-state index is 12.1. The average molecular weight is 368 g/mol. The van der Waals surface area contributed by atoms with Crippen molar-refractivity contribution in [2.24, 2.45) is 0 Å². The molecule has 2 aromatic carbocycles. The lowest BCUT2D eigenvalue weighted by Gasteiger charge is -2.09. The van der Waals surface area contributed by atoms with E-state index in [-0.39, 0.29) is 17.2 Å². The third-order valence-electron chi connectivity index (χ3n) is 3.35. The number of sulfonamides is 2. The molecule has 0 aliphatic rings. The molecule has 0 amide bonds. The molecule has 2 rings (SSSR count). The molecule has 6 nitrogen and oxygen atoms in total. The van der Waals surface area contributed by atoms with E-state index in [1.54, 1.807) is 42.5 Å². The summed E-state index contributed by atoms with van der Waals surface area (Å²) in [6, 6.07) is 14.9. The second kappa shape index (κ2) is 7.78. The van der Waals surface area contributed by atoms with Gasteiger partial charge in [-0.15, -0.1) is 0 Å². The van der Waals surface area contributed by atoms with Crippen LogP contribution in [0.3, 0.4) is 0 Å². The minimum atomic E-state index is -3.72. The molecule has 0 radical (unpaired) electrons.